The van der Waals surface area contributed by atoms with Crippen LogP contribution in [0.2, 0.25) is 0 Å². The Morgan fingerprint density at radius 3 is 2.69 bits per heavy atom. The molecule has 1 aliphatic rings. The number of ether oxygens (including phenoxy) is 1. The third kappa shape index (κ3) is 3.37. The summed E-state index contributed by atoms with van der Waals surface area (Å²) in [5, 5.41) is 0. The topological polar surface area (TPSA) is 59.0 Å². The Bertz CT molecular complexity index is 193. The zero-order valence-electron chi connectivity index (χ0n) is 7.81. The number of hydrogen-bond acceptors (Lipinski definition) is 3. The second kappa shape index (κ2) is 5.08. The standard InChI is InChI=1S/C7H16NO4P/c1-2-5-12-13(9,10)8-3-6-11-7-4-8/h2-7H2,1H3,(H,9,10). The van der Waals surface area contributed by atoms with Crippen LogP contribution in [-0.4, -0.2) is 42.5 Å². The highest BCUT2D eigenvalue weighted by atomic mass is 31.2. The summed E-state index contributed by atoms with van der Waals surface area (Å²) in [4.78, 5) is 9.47. The van der Waals surface area contributed by atoms with E-state index in [1.165, 1.54) is 4.67 Å². The molecule has 0 aromatic carbocycles. The van der Waals surface area contributed by atoms with Crippen molar-refractivity contribution in [2.24, 2.45) is 0 Å². The van der Waals surface area contributed by atoms with Crippen LogP contribution in [0.25, 0.3) is 0 Å². The van der Waals surface area contributed by atoms with Gasteiger partial charge in [-0.2, -0.15) is 0 Å². The molecule has 0 saturated carbocycles. The van der Waals surface area contributed by atoms with Crippen molar-refractivity contribution in [3.8, 4) is 0 Å². The molecule has 1 heterocycles. The molecule has 0 amide bonds. The molecule has 1 aliphatic heterocycles. The average Bonchev–Trinajstić information content (AvgIpc) is 2.16. The third-order valence-electron chi connectivity index (χ3n) is 1.81. The molecule has 1 unspecified atom stereocenters. The molecule has 0 aliphatic carbocycles. The van der Waals surface area contributed by atoms with Gasteiger partial charge in [0.25, 0.3) is 0 Å². The Balaban J connectivity index is 2.41. The highest BCUT2D eigenvalue weighted by molar-refractivity contribution is 7.50. The van der Waals surface area contributed by atoms with Crippen LogP contribution >= 0.6 is 7.75 Å². The van der Waals surface area contributed by atoms with E-state index in [-0.39, 0.29) is 0 Å². The van der Waals surface area contributed by atoms with Crippen LogP contribution in [0.3, 0.4) is 0 Å². The molecule has 0 bridgehead atoms. The predicted octanol–water partition coefficient (Wildman–Crippen LogP) is 0.846. The minimum atomic E-state index is -3.53. The van der Waals surface area contributed by atoms with Crippen LogP contribution in [0, 0.1) is 0 Å². The van der Waals surface area contributed by atoms with Crippen molar-refractivity contribution in [3.05, 3.63) is 0 Å². The second-order valence-corrected chi connectivity index (χ2v) is 4.69. The van der Waals surface area contributed by atoms with E-state index in [0.29, 0.717) is 32.9 Å². The van der Waals surface area contributed by atoms with Gasteiger partial charge in [-0.05, 0) is 6.42 Å². The zero-order chi connectivity index (χ0) is 9.73. The maximum atomic E-state index is 11.5. The monoisotopic (exact) mass is 209 g/mol. The number of rotatable bonds is 4. The molecule has 0 radical (unpaired) electrons. The van der Waals surface area contributed by atoms with E-state index in [1.54, 1.807) is 0 Å². The van der Waals surface area contributed by atoms with Crippen molar-refractivity contribution < 1.29 is 18.7 Å². The molecule has 1 rings (SSSR count). The van der Waals surface area contributed by atoms with Gasteiger partial charge in [0.05, 0.1) is 19.8 Å². The maximum absolute atomic E-state index is 11.5. The molecule has 0 aromatic rings. The van der Waals surface area contributed by atoms with Crippen LogP contribution in [0.15, 0.2) is 0 Å². The first-order valence-electron chi connectivity index (χ1n) is 4.47. The van der Waals surface area contributed by atoms with Gasteiger partial charge in [-0.3, -0.25) is 4.52 Å². The van der Waals surface area contributed by atoms with E-state index >= 15 is 0 Å². The Kier molecular flexibility index (Phi) is 4.35. The van der Waals surface area contributed by atoms with E-state index in [1.807, 2.05) is 6.92 Å². The molecule has 13 heavy (non-hydrogen) atoms. The third-order valence-corrected chi connectivity index (χ3v) is 3.44. The lowest BCUT2D eigenvalue weighted by Crippen LogP contribution is -2.34. The van der Waals surface area contributed by atoms with Crippen molar-refractivity contribution in [1.29, 1.82) is 0 Å². The Morgan fingerprint density at radius 1 is 1.54 bits per heavy atom. The highest BCUT2D eigenvalue weighted by Gasteiger charge is 2.30. The van der Waals surface area contributed by atoms with Crippen molar-refractivity contribution >= 4 is 7.75 Å². The zero-order valence-corrected chi connectivity index (χ0v) is 8.70. The molecule has 5 nitrogen and oxygen atoms in total. The van der Waals surface area contributed by atoms with Crippen LogP contribution in [0.5, 0.6) is 0 Å². The summed E-state index contributed by atoms with van der Waals surface area (Å²) in [6.07, 6.45) is 0.745. The highest BCUT2D eigenvalue weighted by Crippen LogP contribution is 2.46. The van der Waals surface area contributed by atoms with Gasteiger partial charge in [0, 0.05) is 13.1 Å². The predicted molar refractivity (Wildman–Crippen MR) is 48.5 cm³/mol. The first-order chi connectivity index (χ1) is 6.17. The largest absolute Gasteiger partial charge is 0.405 e. The number of hydrogen-bond donors (Lipinski definition) is 1. The van der Waals surface area contributed by atoms with E-state index in [4.69, 9.17) is 9.26 Å². The van der Waals surface area contributed by atoms with Crippen LogP contribution in [-0.2, 0) is 13.8 Å². The first-order valence-corrected chi connectivity index (χ1v) is 6.00. The van der Waals surface area contributed by atoms with Crippen LogP contribution in [0.4, 0.5) is 0 Å². The molecule has 0 aromatic heterocycles. The minimum absolute atomic E-state index is 0.325. The van der Waals surface area contributed by atoms with Gasteiger partial charge in [-0.1, -0.05) is 6.92 Å². The van der Waals surface area contributed by atoms with Gasteiger partial charge in [0.1, 0.15) is 0 Å². The lowest BCUT2D eigenvalue weighted by molar-refractivity contribution is 0.0560. The molecular weight excluding hydrogens is 193 g/mol. The number of morpholine rings is 1. The average molecular weight is 209 g/mol. The van der Waals surface area contributed by atoms with Gasteiger partial charge < -0.3 is 9.63 Å². The Morgan fingerprint density at radius 2 is 2.15 bits per heavy atom. The van der Waals surface area contributed by atoms with Gasteiger partial charge in [0.2, 0.25) is 0 Å². The van der Waals surface area contributed by atoms with Gasteiger partial charge in [-0.25, -0.2) is 9.24 Å². The SMILES string of the molecule is CCCOP(=O)(O)N1CCOCC1. The molecular formula is C7H16NO4P. The molecule has 78 valence electrons. The summed E-state index contributed by atoms with van der Waals surface area (Å²) in [6, 6.07) is 0. The van der Waals surface area contributed by atoms with Crippen LogP contribution < -0.4 is 0 Å². The van der Waals surface area contributed by atoms with Crippen LogP contribution in [0.1, 0.15) is 13.3 Å². The Hall–Kier alpha value is 0.0700. The van der Waals surface area contributed by atoms with Gasteiger partial charge >= 0.3 is 7.75 Å². The summed E-state index contributed by atoms with van der Waals surface area (Å²) in [5.74, 6) is 0. The summed E-state index contributed by atoms with van der Waals surface area (Å²) in [5.41, 5.74) is 0. The lowest BCUT2D eigenvalue weighted by Gasteiger charge is -2.29. The van der Waals surface area contributed by atoms with Gasteiger partial charge in [0.15, 0.2) is 0 Å². The molecule has 0 spiro atoms. The fraction of sp³-hybridized carbons (Fsp3) is 1.00. The molecule has 1 saturated heterocycles. The van der Waals surface area contributed by atoms with Crippen molar-refractivity contribution in [3.63, 3.8) is 0 Å². The first kappa shape index (κ1) is 11.1. The van der Waals surface area contributed by atoms with Crippen molar-refractivity contribution in [2.75, 3.05) is 32.9 Å². The Labute approximate surface area is 78.2 Å². The summed E-state index contributed by atoms with van der Waals surface area (Å²) >= 11 is 0. The van der Waals surface area contributed by atoms with E-state index in [9.17, 15) is 9.46 Å². The molecule has 1 atom stereocenters. The van der Waals surface area contributed by atoms with Crippen molar-refractivity contribution in [2.45, 2.75) is 13.3 Å². The van der Waals surface area contributed by atoms with Crippen molar-refractivity contribution in [1.82, 2.24) is 4.67 Å². The lowest BCUT2D eigenvalue weighted by atomic mass is 10.5. The van der Waals surface area contributed by atoms with E-state index in [2.05, 4.69) is 0 Å². The quantitative estimate of drug-likeness (QED) is 0.695. The smallest absolute Gasteiger partial charge is 0.379 e. The second-order valence-electron chi connectivity index (χ2n) is 2.89. The van der Waals surface area contributed by atoms with Gasteiger partial charge in [-0.15, -0.1) is 0 Å². The molecule has 1 N–H and O–H groups in total. The molecule has 1 fully saturated rings. The molecule has 6 heteroatoms. The maximum Gasteiger partial charge on any atom is 0.405 e. The summed E-state index contributed by atoms with van der Waals surface area (Å²) in [6.45, 7) is 4.17. The number of nitrogens with zero attached hydrogens (tertiary/aromatic N) is 1. The van der Waals surface area contributed by atoms with E-state index in [0.717, 1.165) is 6.42 Å². The normalized spacial score (nSPS) is 24.2. The fourth-order valence-electron chi connectivity index (χ4n) is 1.10. The fourth-order valence-corrected chi connectivity index (χ4v) is 2.35. The summed E-state index contributed by atoms with van der Waals surface area (Å²) in [7, 11) is -3.53. The van der Waals surface area contributed by atoms with E-state index < -0.39 is 7.75 Å². The summed E-state index contributed by atoms with van der Waals surface area (Å²) < 4.78 is 23.0. The minimum Gasteiger partial charge on any atom is -0.379 e.